The summed E-state index contributed by atoms with van der Waals surface area (Å²) in [6, 6.07) is 9.63. The van der Waals surface area contributed by atoms with Crippen molar-refractivity contribution in [3.8, 4) is 0 Å². The van der Waals surface area contributed by atoms with Gasteiger partial charge in [-0.2, -0.15) is 0 Å². The third-order valence-corrected chi connectivity index (χ3v) is 8.59. The van der Waals surface area contributed by atoms with Gasteiger partial charge in [-0.05, 0) is 18.4 Å². The number of ether oxygens (including phenoxy) is 5. The standard InChI is InChI=1S/C34H53O13P/c1-24(35)42-23-30-32(44-25(2)36)34(46-27(4)38)33(45-26(3)37)31(47-30)29(28-19-15-14-16-20-28)21-17-12-10-8-6-5-7-9-11-13-18-22-43-48(39,40)41/h14-16,19-20,29-34H,5-13,17-18,21-23H2,1-4H3,(H2,39,40,41)/t29?,30-,31+,32-,33+,34+/m1/s1. The quantitative estimate of drug-likeness (QED) is 0.0653. The lowest BCUT2D eigenvalue weighted by Crippen LogP contribution is -2.63. The molecule has 1 heterocycles. The highest BCUT2D eigenvalue weighted by Crippen LogP contribution is 2.39. The summed E-state index contributed by atoms with van der Waals surface area (Å²) in [6.45, 7) is 4.72. The topological polar surface area (TPSA) is 181 Å². The molecule has 272 valence electrons. The highest BCUT2D eigenvalue weighted by atomic mass is 31.2. The van der Waals surface area contributed by atoms with E-state index in [-0.39, 0.29) is 19.1 Å². The number of unbranched alkanes of at least 4 members (excludes halogenated alkanes) is 10. The molecular weight excluding hydrogens is 647 g/mol. The second-order valence-electron chi connectivity index (χ2n) is 12.2. The molecule has 0 bridgehead atoms. The number of carbonyl (C=O) groups is 4. The van der Waals surface area contributed by atoms with Gasteiger partial charge in [0.25, 0.3) is 0 Å². The van der Waals surface area contributed by atoms with E-state index in [1.54, 1.807) is 0 Å². The van der Waals surface area contributed by atoms with Crippen LogP contribution >= 0.6 is 7.82 Å². The summed E-state index contributed by atoms with van der Waals surface area (Å²) in [5.74, 6) is -2.80. The van der Waals surface area contributed by atoms with E-state index >= 15 is 0 Å². The molecule has 1 unspecified atom stereocenters. The normalized spacial score (nSPS) is 21.6. The van der Waals surface area contributed by atoms with E-state index in [9.17, 15) is 23.7 Å². The fourth-order valence-electron chi connectivity index (χ4n) is 6.05. The van der Waals surface area contributed by atoms with Crippen molar-refractivity contribution in [2.45, 2.75) is 141 Å². The van der Waals surface area contributed by atoms with Crippen LogP contribution < -0.4 is 0 Å². The molecule has 2 N–H and O–H groups in total. The molecule has 0 aliphatic carbocycles. The largest absolute Gasteiger partial charge is 0.469 e. The number of benzene rings is 1. The fourth-order valence-corrected chi connectivity index (χ4v) is 6.41. The van der Waals surface area contributed by atoms with Crippen LogP contribution in [-0.4, -0.2) is 77.4 Å². The molecule has 1 saturated heterocycles. The molecule has 0 aromatic heterocycles. The Kier molecular flexibility index (Phi) is 18.9. The first-order chi connectivity index (χ1) is 22.8. The summed E-state index contributed by atoms with van der Waals surface area (Å²) in [5, 5.41) is 0. The van der Waals surface area contributed by atoms with Crippen LogP contribution in [-0.2, 0) is 52.0 Å². The van der Waals surface area contributed by atoms with Gasteiger partial charge < -0.3 is 33.5 Å². The molecule has 2 rings (SSSR count). The van der Waals surface area contributed by atoms with Gasteiger partial charge in [0.05, 0.1) is 6.61 Å². The molecular formula is C34H53O13P. The molecule has 1 aliphatic heterocycles. The molecule has 1 aromatic carbocycles. The Morgan fingerprint density at radius 1 is 0.688 bits per heavy atom. The third kappa shape index (κ3) is 16.5. The highest BCUT2D eigenvalue weighted by Gasteiger charge is 2.54. The Labute approximate surface area is 283 Å². The van der Waals surface area contributed by atoms with Crippen LogP contribution in [0.15, 0.2) is 30.3 Å². The van der Waals surface area contributed by atoms with Gasteiger partial charge in [-0.1, -0.05) is 94.5 Å². The van der Waals surface area contributed by atoms with Crippen LogP contribution in [0.3, 0.4) is 0 Å². The molecule has 0 radical (unpaired) electrons. The van der Waals surface area contributed by atoms with E-state index < -0.39 is 62.2 Å². The van der Waals surface area contributed by atoms with Crippen molar-refractivity contribution < 1.29 is 61.7 Å². The maximum absolute atomic E-state index is 12.4. The second kappa shape index (κ2) is 22.0. The zero-order valence-corrected chi connectivity index (χ0v) is 29.5. The Morgan fingerprint density at radius 2 is 1.17 bits per heavy atom. The number of hydrogen-bond donors (Lipinski definition) is 2. The number of carbonyl (C=O) groups excluding carboxylic acids is 4. The Hall–Kier alpha value is -2.83. The van der Waals surface area contributed by atoms with Crippen molar-refractivity contribution >= 4 is 31.7 Å². The zero-order valence-electron chi connectivity index (χ0n) is 28.6. The van der Waals surface area contributed by atoms with Crippen LogP contribution in [0.2, 0.25) is 0 Å². The SMILES string of the molecule is CC(=O)OC[C@H]1O[C@@H](C(CCCCCCCCCCCCCOP(=O)(O)O)c2ccccc2)[C@H](OC(C)=O)[C@@H](OC(C)=O)[C@@H]1OC(C)=O. The zero-order chi connectivity index (χ0) is 35.5. The van der Waals surface area contributed by atoms with Crippen LogP contribution in [0, 0.1) is 0 Å². The lowest BCUT2D eigenvalue weighted by Gasteiger charge is -2.47. The summed E-state index contributed by atoms with van der Waals surface area (Å²) in [4.78, 5) is 65.9. The molecule has 0 amide bonds. The first kappa shape index (κ1) is 41.3. The molecule has 1 fully saturated rings. The monoisotopic (exact) mass is 700 g/mol. The second-order valence-corrected chi connectivity index (χ2v) is 13.4. The predicted octanol–water partition coefficient (Wildman–Crippen LogP) is 5.69. The van der Waals surface area contributed by atoms with Crippen molar-refractivity contribution in [1.29, 1.82) is 0 Å². The van der Waals surface area contributed by atoms with Gasteiger partial charge >= 0.3 is 31.7 Å². The first-order valence-corrected chi connectivity index (χ1v) is 18.4. The maximum atomic E-state index is 12.4. The van der Waals surface area contributed by atoms with Crippen LogP contribution in [0.4, 0.5) is 0 Å². The molecule has 1 aliphatic rings. The van der Waals surface area contributed by atoms with Crippen molar-refractivity contribution in [3.63, 3.8) is 0 Å². The Bertz CT molecular complexity index is 1170. The van der Waals surface area contributed by atoms with Crippen LogP contribution in [0.1, 0.15) is 116 Å². The Balaban J connectivity index is 2.06. The average molecular weight is 701 g/mol. The molecule has 0 saturated carbocycles. The van der Waals surface area contributed by atoms with Crippen molar-refractivity contribution in [1.82, 2.24) is 0 Å². The van der Waals surface area contributed by atoms with Gasteiger partial charge in [-0.25, -0.2) is 4.57 Å². The maximum Gasteiger partial charge on any atom is 0.469 e. The molecule has 0 spiro atoms. The van der Waals surface area contributed by atoms with E-state index in [1.807, 2.05) is 30.3 Å². The van der Waals surface area contributed by atoms with Gasteiger partial charge in [-0.15, -0.1) is 0 Å². The molecule has 6 atom stereocenters. The van der Waals surface area contributed by atoms with Crippen molar-refractivity contribution in [2.24, 2.45) is 0 Å². The third-order valence-electron chi connectivity index (χ3n) is 8.07. The summed E-state index contributed by atoms with van der Waals surface area (Å²) in [6.07, 6.45) is 6.26. The smallest absolute Gasteiger partial charge is 0.463 e. The lowest BCUT2D eigenvalue weighted by molar-refractivity contribution is -0.256. The number of esters is 4. The summed E-state index contributed by atoms with van der Waals surface area (Å²) >= 11 is 0. The van der Waals surface area contributed by atoms with E-state index in [0.717, 1.165) is 69.8 Å². The van der Waals surface area contributed by atoms with Gasteiger partial charge in [0.15, 0.2) is 18.3 Å². The first-order valence-electron chi connectivity index (χ1n) is 16.8. The number of phosphoric acid groups is 1. The van der Waals surface area contributed by atoms with Crippen LogP contribution in [0.25, 0.3) is 0 Å². The van der Waals surface area contributed by atoms with Crippen molar-refractivity contribution in [3.05, 3.63) is 35.9 Å². The van der Waals surface area contributed by atoms with E-state index in [2.05, 4.69) is 4.52 Å². The van der Waals surface area contributed by atoms with E-state index in [1.165, 1.54) is 27.7 Å². The van der Waals surface area contributed by atoms with Crippen LogP contribution in [0.5, 0.6) is 0 Å². The van der Waals surface area contributed by atoms with Gasteiger partial charge in [0.1, 0.15) is 18.8 Å². The predicted molar refractivity (Wildman–Crippen MR) is 175 cm³/mol. The molecule has 14 heteroatoms. The molecule has 13 nitrogen and oxygen atoms in total. The molecule has 48 heavy (non-hydrogen) atoms. The highest BCUT2D eigenvalue weighted by molar-refractivity contribution is 7.46. The van der Waals surface area contributed by atoms with E-state index in [0.29, 0.717) is 12.8 Å². The Morgan fingerprint density at radius 3 is 1.67 bits per heavy atom. The van der Waals surface area contributed by atoms with Gasteiger partial charge in [0.2, 0.25) is 0 Å². The lowest BCUT2D eigenvalue weighted by atomic mass is 9.81. The fraction of sp³-hybridized carbons (Fsp3) is 0.706. The summed E-state index contributed by atoms with van der Waals surface area (Å²) in [5.41, 5.74) is 0.937. The van der Waals surface area contributed by atoms with Gasteiger partial charge in [-0.3, -0.25) is 23.7 Å². The summed E-state index contributed by atoms with van der Waals surface area (Å²) < 4.78 is 43.9. The summed E-state index contributed by atoms with van der Waals surface area (Å²) in [7, 11) is -4.38. The van der Waals surface area contributed by atoms with Gasteiger partial charge in [0, 0.05) is 33.6 Å². The van der Waals surface area contributed by atoms with Crippen molar-refractivity contribution in [2.75, 3.05) is 13.2 Å². The average Bonchev–Trinajstić information content (AvgIpc) is 2.99. The molecule has 1 aromatic rings. The number of hydrogen-bond acceptors (Lipinski definition) is 11. The number of phosphoric ester groups is 1. The minimum absolute atomic E-state index is 0.0725. The number of rotatable bonds is 22. The minimum Gasteiger partial charge on any atom is -0.463 e. The van der Waals surface area contributed by atoms with E-state index in [4.69, 9.17) is 33.5 Å². The minimum atomic E-state index is -4.38.